The molecule has 0 bridgehead atoms. The van der Waals surface area contributed by atoms with Crippen LogP contribution in [0.3, 0.4) is 0 Å². The standard InChI is InChI=1S/C20H24N2O3/c23-18-12-19(21-13-18)20(24)22-17-8-4-7-16(11-17)14-25-10-9-15-5-2-1-3-6-15/h1-8,11,18-19,21,23H,9-10,12-14H2,(H,22,24). The van der Waals surface area contributed by atoms with Gasteiger partial charge in [-0.3, -0.25) is 4.79 Å². The van der Waals surface area contributed by atoms with Gasteiger partial charge < -0.3 is 20.5 Å². The number of hydrogen-bond donors (Lipinski definition) is 3. The van der Waals surface area contributed by atoms with E-state index in [1.165, 1.54) is 5.56 Å². The average Bonchev–Trinajstić information content (AvgIpc) is 3.07. The molecule has 2 aromatic carbocycles. The molecule has 132 valence electrons. The molecule has 1 aliphatic heterocycles. The molecule has 5 heteroatoms. The molecule has 1 amide bonds. The van der Waals surface area contributed by atoms with Crippen LogP contribution >= 0.6 is 0 Å². The van der Waals surface area contributed by atoms with Gasteiger partial charge in [0.1, 0.15) is 0 Å². The second-order valence-electron chi connectivity index (χ2n) is 6.33. The molecule has 2 aromatic rings. The van der Waals surface area contributed by atoms with Gasteiger partial charge in [-0.2, -0.15) is 0 Å². The summed E-state index contributed by atoms with van der Waals surface area (Å²) >= 11 is 0. The molecule has 25 heavy (non-hydrogen) atoms. The Bertz CT molecular complexity index is 690. The smallest absolute Gasteiger partial charge is 0.241 e. The SMILES string of the molecule is O=C(Nc1cccc(COCCc2ccccc2)c1)C1CC(O)CN1. The summed E-state index contributed by atoms with van der Waals surface area (Å²) in [6, 6.07) is 17.6. The first kappa shape index (κ1) is 17.6. The Balaban J connectivity index is 1.45. The van der Waals surface area contributed by atoms with Gasteiger partial charge in [0.15, 0.2) is 0 Å². The molecule has 3 N–H and O–H groups in total. The number of anilines is 1. The van der Waals surface area contributed by atoms with Crippen LogP contribution in [0.5, 0.6) is 0 Å². The van der Waals surface area contributed by atoms with Crippen molar-refractivity contribution in [1.29, 1.82) is 0 Å². The van der Waals surface area contributed by atoms with E-state index < -0.39 is 6.10 Å². The Kier molecular flexibility index (Phi) is 6.17. The molecule has 1 heterocycles. The Morgan fingerprint density at radius 1 is 1.16 bits per heavy atom. The highest BCUT2D eigenvalue weighted by molar-refractivity contribution is 5.95. The van der Waals surface area contributed by atoms with Gasteiger partial charge in [-0.05, 0) is 36.1 Å². The number of rotatable bonds is 7. The molecule has 0 radical (unpaired) electrons. The van der Waals surface area contributed by atoms with E-state index in [4.69, 9.17) is 4.74 Å². The second kappa shape index (κ2) is 8.76. The van der Waals surface area contributed by atoms with E-state index in [0.717, 1.165) is 17.7 Å². The lowest BCUT2D eigenvalue weighted by Crippen LogP contribution is -2.35. The molecule has 0 spiro atoms. The minimum Gasteiger partial charge on any atom is -0.392 e. The van der Waals surface area contributed by atoms with Crippen molar-refractivity contribution in [2.45, 2.75) is 31.6 Å². The molecule has 0 saturated carbocycles. The van der Waals surface area contributed by atoms with Crippen molar-refractivity contribution in [3.8, 4) is 0 Å². The molecule has 3 rings (SSSR count). The summed E-state index contributed by atoms with van der Waals surface area (Å²) in [6.45, 7) is 1.63. The minimum atomic E-state index is -0.444. The minimum absolute atomic E-state index is 0.112. The van der Waals surface area contributed by atoms with Crippen LogP contribution in [0.25, 0.3) is 0 Å². The van der Waals surface area contributed by atoms with Crippen molar-refractivity contribution in [1.82, 2.24) is 5.32 Å². The van der Waals surface area contributed by atoms with E-state index in [1.54, 1.807) is 0 Å². The van der Waals surface area contributed by atoms with E-state index in [-0.39, 0.29) is 11.9 Å². The maximum Gasteiger partial charge on any atom is 0.241 e. The van der Waals surface area contributed by atoms with Crippen LogP contribution in [-0.4, -0.2) is 36.3 Å². The van der Waals surface area contributed by atoms with E-state index in [0.29, 0.717) is 26.2 Å². The number of nitrogens with one attached hydrogen (secondary N) is 2. The largest absolute Gasteiger partial charge is 0.392 e. The summed E-state index contributed by atoms with van der Waals surface area (Å²) in [4.78, 5) is 12.2. The third-order valence-corrected chi connectivity index (χ3v) is 4.27. The van der Waals surface area contributed by atoms with E-state index in [9.17, 15) is 9.90 Å². The van der Waals surface area contributed by atoms with Crippen LogP contribution in [-0.2, 0) is 22.6 Å². The van der Waals surface area contributed by atoms with Crippen molar-refractivity contribution in [2.75, 3.05) is 18.5 Å². The van der Waals surface area contributed by atoms with Crippen LogP contribution < -0.4 is 10.6 Å². The maximum absolute atomic E-state index is 12.2. The lowest BCUT2D eigenvalue weighted by molar-refractivity contribution is -0.117. The zero-order chi connectivity index (χ0) is 17.5. The molecule has 2 atom stereocenters. The van der Waals surface area contributed by atoms with Crippen molar-refractivity contribution >= 4 is 11.6 Å². The van der Waals surface area contributed by atoms with Gasteiger partial charge in [0.05, 0.1) is 25.4 Å². The molecule has 5 nitrogen and oxygen atoms in total. The Morgan fingerprint density at radius 2 is 1.96 bits per heavy atom. The van der Waals surface area contributed by atoms with Crippen molar-refractivity contribution in [2.24, 2.45) is 0 Å². The third kappa shape index (κ3) is 5.39. The molecular formula is C20H24N2O3. The summed E-state index contributed by atoms with van der Waals surface area (Å²) in [5.41, 5.74) is 3.03. The number of aliphatic hydroxyl groups excluding tert-OH is 1. The summed E-state index contributed by atoms with van der Waals surface area (Å²) in [7, 11) is 0. The van der Waals surface area contributed by atoms with Crippen molar-refractivity contribution < 1.29 is 14.6 Å². The summed E-state index contributed by atoms with van der Waals surface area (Å²) < 4.78 is 5.74. The molecule has 1 fully saturated rings. The molecule has 1 aliphatic rings. The predicted molar refractivity (Wildman–Crippen MR) is 97.3 cm³/mol. The van der Waals surface area contributed by atoms with Gasteiger partial charge in [0, 0.05) is 12.2 Å². The number of benzene rings is 2. The van der Waals surface area contributed by atoms with E-state index >= 15 is 0 Å². The molecule has 2 unspecified atom stereocenters. The fraction of sp³-hybridized carbons (Fsp3) is 0.350. The number of ether oxygens (including phenoxy) is 1. The normalized spacial score (nSPS) is 19.7. The van der Waals surface area contributed by atoms with Crippen molar-refractivity contribution in [3.63, 3.8) is 0 Å². The number of aliphatic hydroxyl groups is 1. The van der Waals surface area contributed by atoms with Gasteiger partial charge in [-0.25, -0.2) is 0 Å². The fourth-order valence-electron chi connectivity index (χ4n) is 2.91. The average molecular weight is 340 g/mol. The number of amides is 1. The fourth-order valence-corrected chi connectivity index (χ4v) is 2.91. The predicted octanol–water partition coefficient (Wildman–Crippen LogP) is 2.11. The number of carbonyl (C=O) groups excluding carboxylic acids is 1. The third-order valence-electron chi connectivity index (χ3n) is 4.27. The lowest BCUT2D eigenvalue weighted by atomic mass is 10.1. The van der Waals surface area contributed by atoms with Crippen molar-refractivity contribution in [3.05, 3.63) is 65.7 Å². The van der Waals surface area contributed by atoms with Crippen LogP contribution in [0.4, 0.5) is 5.69 Å². The quantitative estimate of drug-likeness (QED) is 0.675. The number of carbonyl (C=O) groups is 1. The first-order valence-electron chi connectivity index (χ1n) is 8.63. The van der Waals surface area contributed by atoms with Gasteiger partial charge in [0.25, 0.3) is 0 Å². The first-order chi connectivity index (χ1) is 12.2. The Hall–Kier alpha value is -2.21. The topological polar surface area (TPSA) is 70.6 Å². The van der Waals surface area contributed by atoms with Gasteiger partial charge in [-0.15, -0.1) is 0 Å². The molecule has 0 aliphatic carbocycles. The highest BCUT2D eigenvalue weighted by Crippen LogP contribution is 2.14. The van der Waals surface area contributed by atoms with Crippen LogP contribution in [0.1, 0.15) is 17.5 Å². The monoisotopic (exact) mass is 340 g/mol. The van der Waals surface area contributed by atoms with Crippen LogP contribution in [0.2, 0.25) is 0 Å². The highest BCUT2D eigenvalue weighted by atomic mass is 16.5. The van der Waals surface area contributed by atoms with Gasteiger partial charge in [-0.1, -0.05) is 42.5 Å². The molecule has 1 saturated heterocycles. The van der Waals surface area contributed by atoms with E-state index in [2.05, 4.69) is 22.8 Å². The van der Waals surface area contributed by atoms with Gasteiger partial charge >= 0.3 is 0 Å². The lowest BCUT2D eigenvalue weighted by Gasteiger charge is -2.12. The molecular weight excluding hydrogens is 316 g/mol. The van der Waals surface area contributed by atoms with Gasteiger partial charge in [0.2, 0.25) is 5.91 Å². The van der Waals surface area contributed by atoms with Crippen LogP contribution in [0, 0.1) is 0 Å². The van der Waals surface area contributed by atoms with E-state index in [1.807, 2.05) is 42.5 Å². The van der Waals surface area contributed by atoms with Crippen LogP contribution in [0.15, 0.2) is 54.6 Å². The Morgan fingerprint density at radius 3 is 2.72 bits per heavy atom. The number of hydrogen-bond acceptors (Lipinski definition) is 4. The summed E-state index contributed by atoms with van der Waals surface area (Å²) in [6.07, 6.45) is 0.890. The Labute approximate surface area is 148 Å². The highest BCUT2D eigenvalue weighted by Gasteiger charge is 2.27. The number of β-amino-alcohol motifs (C(OH)–C–C–N with tert-alkyl or cyclic N) is 1. The first-order valence-corrected chi connectivity index (χ1v) is 8.63. The second-order valence-corrected chi connectivity index (χ2v) is 6.33. The maximum atomic E-state index is 12.2. The zero-order valence-corrected chi connectivity index (χ0v) is 14.2. The summed E-state index contributed by atoms with van der Waals surface area (Å²) in [5.74, 6) is -0.112. The molecule has 0 aromatic heterocycles. The summed E-state index contributed by atoms with van der Waals surface area (Å²) in [5, 5.41) is 15.4. The zero-order valence-electron chi connectivity index (χ0n) is 14.2.